The Kier molecular flexibility index (Phi) is 26.0. The summed E-state index contributed by atoms with van der Waals surface area (Å²) in [7, 11) is 0. The predicted molar refractivity (Wildman–Crippen MR) is 285 cm³/mol. The zero-order valence-corrected chi connectivity index (χ0v) is 44.8. The lowest BCUT2D eigenvalue weighted by Gasteiger charge is -2.29. The van der Waals surface area contributed by atoms with Crippen molar-refractivity contribution in [1.82, 2.24) is 42.5 Å². The number of aliphatic carboxylic acids is 1. The minimum absolute atomic E-state index is 0.0119. The highest BCUT2D eigenvalue weighted by molar-refractivity contribution is 7.98. The molecule has 0 saturated heterocycles. The van der Waals surface area contributed by atoms with Crippen molar-refractivity contribution in [2.24, 2.45) is 23.5 Å². The van der Waals surface area contributed by atoms with Crippen LogP contribution in [-0.4, -0.2) is 141 Å². The number of hydrogen-bond acceptors (Lipinski definition) is 14. The average molecular weight is 1080 g/mol. The Bertz CT molecular complexity index is 2420. The molecule has 0 heterocycles. The van der Waals surface area contributed by atoms with E-state index in [2.05, 4.69) is 42.5 Å². The summed E-state index contributed by atoms with van der Waals surface area (Å²) in [6.07, 6.45) is 1.66. The van der Waals surface area contributed by atoms with Gasteiger partial charge in [0.25, 0.3) is 0 Å². The van der Waals surface area contributed by atoms with Crippen LogP contribution in [0.1, 0.15) is 77.5 Å². The summed E-state index contributed by atoms with van der Waals surface area (Å²) in [6, 6.07) is 8.72. The quantitative estimate of drug-likeness (QED) is 0.0426. The summed E-state index contributed by atoms with van der Waals surface area (Å²) in [5.41, 5.74) is 7.13. The van der Waals surface area contributed by atoms with Crippen LogP contribution in [0.15, 0.2) is 72.8 Å². The number of benzene rings is 3. The first-order chi connectivity index (χ1) is 35.9. The fraction of sp³-hybridized carbons (Fsp3) is 0.491. The highest BCUT2D eigenvalue weighted by Gasteiger charge is 2.35. The highest BCUT2D eigenvalue weighted by Crippen LogP contribution is 2.17. The number of phenolic OH excluding ortho intramolecular Hbond substituents is 3. The van der Waals surface area contributed by atoms with Crippen molar-refractivity contribution >= 4 is 65.0 Å². The Morgan fingerprint density at radius 2 is 0.803 bits per heavy atom. The number of carboxylic acid groups (broad SMARTS) is 1. The van der Waals surface area contributed by atoms with Gasteiger partial charge >= 0.3 is 5.97 Å². The van der Waals surface area contributed by atoms with Gasteiger partial charge in [-0.15, -0.1) is 0 Å². The SMILES string of the molecule is CSCC[C@H](NC(=O)[C@H](Cc1ccc(O)cc1)NC(=O)[C@H](CC(C)C)NC(=O)[C@H](Cc1ccc(O)cc1)NC(=O)[C@H](CC(C)C)NC(=O)[C@H](Cc1ccc(O)cc1)NC(=O)CN)C(=O)N[C@H](C(=O)NCC(=O)O)C(C)C. The van der Waals surface area contributed by atoms with Crippen molar-refractivity contribution in [2.75, 3.05) is 25.1 Å². The first kappa shape index (κ1) is 62.9. The van der Waals surface area contributed by atoms with Crippen LogP contribution in [0, 0.1) is 17.8 Å². The maximum absolute atomic E-state index is 14.6. The third-order valence-corrected chi connectivity index (χ3v) is 12.5. The van der Waals surface area contributed by atoms with Crippen LogP contribution in [0.2, 0.25) is 0 Å². The molecule has 22 nitrogen and oxygen atoms in total. The minimum Gasteiger partial charge on any atom is -0.508 e. The number of hydrogen-bond donors (Lipinski definition) is 13. The van der Waals surface area contributed by atoms with Crippen LogP contribution in [0.25, 0.3) is 0 Å². The molecule has 8 amide bonds. The summed E-state index contributed by atoms with van der Waals surface area (Å²) in [6.45, 7) is 9.42. The lowest BCUT2D eigenvalue weighted by Crippen LogP contribution is -2.61. The lowest BCUT2D eigenvalue weighted by molar-refractivity contribution is -0.139. The Morgan fingerprint density at radius 1 is 0.474 bits per heavy atom. The van der Waals surface area contributed by atoms with E-state index in [4.69, 9.17) is 10.8 Å². The molecule has 0 aromatic heterocycles. The standard InChI is InChI=1S/C53H75N9O13S/c1-29(2)22-39(58-50(72)41(56-44(66)27-54)24-32-8-14-35(63)15-9-32)48(70)61-43(26-34-12-18-37(65)19-13-34)52(74)59-40(23-30(3)4)49(71)60-42(25-33-10-16-36(64)17-11-33)51(73)57-38(20-21-76-7)47(69)62-46(31(5)6)53(75)55-28-45(67)68/h8-19,29-31,38-43,46,63-65H,20-28,54H2,1-7H3,(H,55,75)(H,56,66)(H,57,73)(H,58,72)(H,59,74)(H,60,71)(H,61,70)(H,62,69)(H,67,68)/t38-,39-,40-,41-,42-,43-,46-/m0/s1. The van der Waals surface area contributed by atoms with E-state index in [-0.39, 0.29) is 67.6 Å². The van der Waals surface area contributed by atoms with Crippen molar-refractivity contribution in [3.63, 3.8) is 0 Å². The Morgan fingerprint density at radius 3 is 1.13 bits per heavy atom. The van der Waals surface area contributed by atoms with Gasteiger partial charge < -0.3 is 68.7 Å². The maximum Gasteiger partial charge on any atom is 0.322 e. The molecule has 7 atom stereocenters. The largest absolute Gasteiger partial charge is 0.508 e. The van der Waals surface area contributed by atoms with Crippen molar-refractivity contribution < 1.29 is 63.6 Å². The summed E-state index contributed by atoms with van der Waals surface area (Å²) in [4.78, 5) is 122. The van der Waals surface area contributed by atoms with Gasteiger partial charge in [0.15, 0.2) is 0 Å². The number of carbonyl (C=O) groups excluding carboxylic acids is 8. The number of carboxylic acids is 1. The molecule has 3 aromatic carbocycles. The topological polar surface area (TPSA) is 357 Å². The van der Waals surface area contributed by atoms with Crippen LogP contribution in [-0.2, 0) is 62.4 Å². The molecule has 0 aliphatic carbocycles. The van der Waals surface area contributed by atoms with Gasteiger partial charge in [-0.25, -0.2) is 0 Å². The number of nitrogens with one attached hydrogen (secondary N) is 8. The van der Waals surface area contributed by atoms with Gasteiger partial charge in [0, 0.05) is 19.3 Å². The van der Waals surface area contributed by atoms with E-state index in [0.29, 0.717) is 22.4 Å². The third kappa shape index (κ3) is 22.2. The number of thioether (sulfide) groups is 1. The summed E-state index contributed by atoms with van der Waals surface area (Å²) >= 11 is 1.38. The molecular weight excluding hydrogens is 1000 g/mol. The monoisotopic (exact) mass is 1080 g/mol. The minimum atomic E-state index is -1.40. The Hall–Kier alpha value is -7.40. The van der Waals surface area contributed by atoms with Gasteiger partial charge in [0.2, 0.25) is 47.3 Å². The van der Waals surface area contributed by atoms with Crippen LogP contribution in [0.3, 0.4) is 0 Å². The lowest BCUT2D eigenvalue weighted by atomic mass is 9.98. The van der Waals surface area contributed by atoms with Crippen LogP contribution >= 0.6 is 11.8 Å². The van der Waals surface area contributed by atoms with Crippen LogP contribution in [0.4, 0.5) is 0 Å². The van der Waals surface area contributed by atoms with Gasteiger partial charge in [0.05, 0.1) is 6.54 Å². The third-order valence-electron chi connectivity index (χ3n) is 11.8. The molecule has 3 aromatic rings. The summed E-state index contributed by atoms with van der Waals surface area (Å²) < 4.78 is 0. The van der Waals surface area contributed by atoms with E-state index in [9.17, 15) is 58.5 Å². The van der Waals surface area contributed by atoms with Gasteiger partial charge in [-0.1, -0.05) is 77.9 Å². The summed E-state index contributed by atoms with van der Waals surface area (Å²) in [5.74, 6) is -8.00. The fourth-order valence-corrected chi connectivity index (χ4v) is 8.29. The summed E-state index contributed by atoms with van der Waals surface area (Å²) in [5, 5.41) is 60.1. The van der Waals surface area contributed by atoms with E-state index in [1.807, 2.05) is 13.8 Å². The molecule has 0 bridgehead atoms. The van der Waals surface area contributed by atoms with Crippen LogP contribution < -0.4 is 48.3 Å². The molecule has 0 aliphatic rings. The van der Waals surface area contributed by atoms with Crippen molar-refractivity contribution in [2.45, 2.75) is 122 Å². The number of carbonyl (C=O) groups is 9. The van der Waals surface area contributed by atoms with Crippen molar-refractivity contribution in [3.8, 4) is 17.2 Å². The normalized spacial score (nSPS) is 13.9. The van der Waals surface area contributed by atoms with Gasteiger partial charge in [-0.3, -0.25) is 43.2 Å². The second-order valence-electron chi connectivity index (χ2n) is 19.6. The molecule has 3 rings (SSSR count). The zero-order valence-electron chi connectivity index (χ0n) is 44.0. The van der Waals surface area contributed by atoms with Gasteiger partial charge in [0.1, 0.15) is 66.1 Å². The second-order valence-corrected chi connectivity index (χ2v) is 20.6. The number of aromatic hydroxyl groups is 3. The first-order valence-corrected chi connectivity index (χ1v) is 26.4. The number of rotatable bonds is 31. The zero-order chi connectivity index (χ0) is 56.6. The van der Waals surface area contributed by atoms with E-state index in [1.54, 1.807) is 46.1 Å². The molecule has 416 valence electrons. The molecule has 0 spiro atoms. The molecular formula is C53H75N9O13S. The molecule has 0 radical (unpaired) electrons. The van der Waals surface area contributed by atoms with Crippen molar-refractivity contribution in [3.05, 3.63) is 89.5 Å². The second kappa shape index (κ2) is 31.5. The van der Waals surface area contributed by atoms with Crippen LogP contribution in [0.5, 0.6) is 17.2 Å². The molecule has 23 heteroatoms. The number of amides is 8. The molecule has 0 unspecified atom stereocenters. The molecule has 76 heavy (non-hydrogen) atoms. The Balaban J connectivity index is 1.99. The molecule has 14 N–H and O–H groups in total. The average Bonchev–Trinajstić information content (AvgIpc) is 3.36. The predicted octanol–water partition coefficient (Wildman–Crippen LogP) is 0.886. The fourth-order valence-electron chi connectivity index (χ4n) is 7.82. The molecule has 0 saturated carbocycles. The molecule has 0 fully saturated rings. The van der Waals surface area contributed by atoms with Gasteiger partial charge in [-0.05, 0) is 102 Å². The van der Waals surface area contributed by atoms with E-state index < -0.39 is 115 Å². The van der Waals surface area contributed by atoms with E-state index in [0.717, 1.165) is 0 Å². The van der Waals surface area contributed by atoms with Gasteiger partial charge in [-0.2, -0.15) is 11.8 Å². The molecule has 0 aliphatic heterocycles. The first-order valence-electron chi connectivity index (χ1n) is 25.0. The Labute approximate surface area is 447 Å². The smallest absolute Gasteiger partial charge is 0.322 e. The van der Waals surface area contributed by atoms with Crippen molar-refractivity contribution in [1.29, 1.82) is 0 Å². The number of nitrogens with two attached hydrogens (primary N) is 1. The van der Waals surface area contributed by atoms with E-state index in [1.165, 1.54) is 72.4 Å². The van der Waals surface area contributed by atoms with E-state index >= 15 is 0 Å². The highest BCUT2D eigenvalue weighted by atomic mass is 32.2. The number of phenols is 3. The maximum atomic E-state index is 14.6.